The molecule has 0 bridgehead atoms. The van der Waals surface area contributed by atoms with Crippen LogP contribution in [-0.2, 0) is 16.1 Å². The summed E-state index contributed by atoms with van der Waals surface area (Å²) in [6.07, 6.45) is 2.19. The van der Waals surface area contributed by atoms with Crippen LogP contribution in [-0.4, -0.2) is 90.8 Å². The summed E-state index contributed by atoms with van der Waals surface area (Å²) < 4.78 is 0. The normalized spacial score (nSPS) is 17.8. The first kappa shape index (κ1) is 20.8. The van der Waals surface area contributed by atoms with Gasteiger partial charge in [0, 0.05) is 45.8 Å². The van der Waals surface area contributed by atoms with E-state index in [-0.39, 0.29) is 11.8 Å². The first-order valence-corrected chi connectivity index (χ1v) is 11.0. The number of hydrogen-bond donors (Lipinski definition) is 0. The number of nitrogens with zero attached hydrogens (tertiary/aromatic N) is 4. The maximum atomic E-state index is 12.7. The third-order valence-electron chi connectivity index (χ3n) is 6.27. The van der Waals surface area contributed by atoms with Gasteiger partial charge in [-0.15, -0.1) is 0 Å². The minimum atomic E-state index is 0.122. The molecule has 6 heteroatoms. The van der Waals surface area contributed by atoms with E-state index < -0.39 is 0 Å². The third-order valence-corrected chi connectivity index (χ3v) is 6.27. The molecule has 2 saturated heterocycles. The fourth-order valence-corrected chi connectivity index (χ4v) is 4.51. The lowest BCUT2D eigenvalue weighted by Crippen LogP contribution is -2.51. The van der Waals surface area contributed by atoms with Gasteiger partial charge in [0.2, 0.25) is 11.8 Å². The Labute approximate surface area is 179 Å². The van der Waals surface area contributed by atoms with Crippen LogP contribution >= 0.6 is 0 Å². The van der Waals surface area contributed by atoms with Crippen molar-refractivity contribution in [1.82, 2.24) is 19.6 Å². The largest absolute Gasteiger partial charge is 0.342 e. The molecule has 0 radical (unpaired) electrons. The van der Waals surface area contributed by atoms with Crippen molar-refractivity contribution >= 4 is 22.6 Å². The number of carbonyl (C=O) groups excluding carboxylic acids is 2. The smallest absolute Gasteiger partial charge is 0.236 e. The second kappa shape index (κ2) is 9.58. The number of likely N-dealkylation sites (tertiary alicyclic amines) is 1. The second-order valence-electron chi connectivity index (χ2n) is 8.56. The van der Waals surface area contributed by atoms with E-state index in [1.54, 1.807) is 0 Å². The van der Waals surface area contributed by atoms with Crippen molar-refractivity contribution in [3.63, 3.8) is 0 Å². The molecule has 2 aliphatic rings. The number of hydrogen-bond acceptors (Lipinski definition) is 4. The molecule has 30 heavy (non-hydrogen) atoms. The highest BCUT2D eigenvalue weighted by molar-refractivity contribution is 5.85. The quantitative estimate of drug-likeness (QED) is 0.734. The maximum absolute atomic E-state index is 12.7. The zero-order chi connectivity index (χ0) is 20.9. The topological polar surface area (TPSA) is 47.1 Å². The summed E-state index contributed by atoms with van der Waals surface area (Å²) in [7, 11) is 1.86. The summed E-state index contributed by atoms with van der Waals surface area (Å²) in [6.45, 7) is 6.52. The van der Waals surface area contributed by atoms with Crippen molar-refractivity contribution in [2.45, 2.75) is 19.4 Å². The summed E-state index contributed by atoms with van der Waals surface area (Å²) in [5, 5.41) is 2.58. The molecule has 0 unspecified atom stereocenters. The van der Waals surface area contributed by atoms with Crippen molar-refractivity contribution < 1.29 is 9.59 Å². The van der Waals surface area contributed by atoms with Gasteiger partial charge in [0.1, 0.15) is 0 Å². The van der Waals surface area contributed by atoms with Crippen molar-refractivity contribution in [1.29, 1.82) is 0 Å². The van der Waals surface area contributed by atoms with Crippen LogP contribution in [0.2, 0.25) is 0 Å². The Balaban J connectivity index is 1.24. The summed E-state index contributed by atoms with van der Waals surface area (Å²) in [4.78, 5) is 33.1. The molecule has 0 aromatic heterocycles. The molecule has 160 valence electrons. The van der Waals surface area contributed by atoms with Crippen LogP contribution in [0, 0.1) is 0 Å². The Hall–Kier alpha value is -2.44. The van der Waals surface area contributed by atoms with Crippen LogP contribution in [0.25, 0.3) is 10.8 Å². The van der Waals surface area contributed by atoms with Gasteiger partial charge in [0.15, 0.2) is 0 Å². The zero-order valence-corrected chi connectivity index (χ0v) is 17.9. The van der Waals surface area contributed by atoms with Gasteiger partial charge in [-0.25, -0.2) is 0 Å². The Bertz CT molecular complexity index is 880. The monoisotopic (exact) mass is 408 g/mol. The predicted octanol–water partition coefficient (Wildman–Crippen LogP) is 2.04. The van der Waals surface area contributed by atoms with E-state index in [1.807, 2.05) is 21.7 Å². The minimum Gasteiger partial charge on any atom is -0.342 e. The number of amides is 2. The van der Waals surface area contributed by atoms with Crippen LogP contribution in [0.1, 0.15) is 18.4 Å². The van der Waals surface area contributed by atoms with Gasteiger partial charge in [-0.1, -0.05) is 42.5 Å². The van der Waals surface area contributed by atoms with Crippen molar-refractivity contribution in [3.05, 3.63) is 48.0 Å². The number of likely N-dealkylation sites (N-methyl/N-ethyl adjacent to an activating group) is 1. The zero-order valence-electron chi connectivity index (χ0n) is 17.9. The summed E-state index contributed by atoms with van der Waals surface area (Å²) in [5.74, 6) is 0.263. The first-order valence-electron chi connectivity index (χ1n) is 11.0. The Morgan fingerprint density at radius 2 is 1.40 bits per heavy atom. The molecule has 2 fully saturated rings. The fraction of sp³-hybridized carbons (Fsp3) is 0.500. The van der Waals surface area contributed by atoms with Gasteiger partial charge in [-0.05, 0) is 36.2 Å². The van der Waals surface area contributed by atoms with Gasteiger partial charge >= 0.3 is 0 Å². The van der Waals surface area contributed by atoms with Gasteiger partial charge in [-0.2, -0.15) is 0 Å². The summed E-state index contributed by atoms with van der Waals surface area (Å²) in [5.41, 5.74) is 1.34. The Morgan fingerprint density at radius 1 is 0.800 bits per heavy atom. The third kappa shape index (κ3) is 4.99. The summed E-state index contributed by atoms with van der Waals surface area (Å²) >= 11 is 0. The van der Waals surface area contributed by atoms with E-state index in [4.69, 9.17) is 0 Å². The van der Waals surface area contributed by atoms with Crippen LogP contribution in [0.3, 0.4) is 0 Å². The molecule has 2 aromatic carbocycles. The molecule has 2 aliphatic heterocycles. The second-order valence-corrected chi connectivity index (χ2v) is 8.56. The molecular formula is C24H32N4O2. The molecular weight excluding hydrogens is 376 g/mol. The molecule has 4 rings (SSSR count). The number of piperazine rings is 1. The molecule has 0 spiro atoms. The molecule has 0 atom stereocenters. The molecule has 0 saturated carbocycles. The number of fused-ring (bicyclic) bond motifs is 1. The van der Waals surface area contributed by atoms with E-state index in [1.165, 1.54) is 16.3 Å². The highest BCUT2D eigenvalue weighted by Crippen LogP contribution is 2.20. The predicted molar refractivity (Wildman–Crippen MR) is 119 cm³/mol. The standard InChI is InChI=1S/C24H32N4O2/c1-25(18-23(29)27-11-4-5-12-27)19-24(30)28-15-13-26(14-16-28)17-21-9-6-8-20-7-2-3-10-22(20)21/h2-3,6-10H,4-5,11-19H2,1H3. The first-order chi connectivity index (χ1) is 14.6. The maximum Gasteiger partial charge on any atom is 0.236 e. The van der Waals surface area contributed by atoms with E-state index >= 15 is 0 Å². The van der Waals surface area contributed by atoms with Crippen LogP contribution in [0.15, 0.2) is 42.5 Å². The van der Waals surface area contributed by atoms with Crippen LogP contribution < -0.4 is 0 Å². The molecule has 2 heterocycles. The van der Waals surface area contributed by atoms with Crippen molar-refractivity contribution in [2.75, 3.05) is 59.4 Å². The van der Waals surface area contributed by atoms with Crippen molar-refractivity contribution in [3.8, 4) is 0 Å². The van der Waals surface area contributed by atoms with E-state index in [9.17, 15) is 9.59 Å². The molecule has 0 aliphatic carbocycles. The van der Waals surface area contributed by atoms with E-state index in [0.29, 0.717) is 13.1 Å². The highest BCUT2D eigenvalue weighted by atomic mass is 16.2. The van der Waals surface area contributed by atoms with Crippen LogP contribution in [0.5, 0.6) is 0 Å². The van der Waals surface area contributed by atoms with Gasteiger partial charge in [0.25, 0.3) is 0 Å². The molecule has 0 N–H and O–H groups in total. The van der Waals surface area contributed by atoms with Gasteiger partial charge in [-0.3, -0.25) is 19.4 Å². The van der Waals surface area contributed by atoms with E-state index in [2.05, 4.69) is 47.4 Å². The van der Waals surface area contributed by atoms with Crippen molar-refractivity contribution in [2.24, 2.45) is 0 Å². The number of rotatable bonds is 6. The van der Waals surface area contributed by atoms with Crippen LogP contribution in [0.4, 0.5) is 0 Å². The fourth-order valence-electron chi connectivity index (χ4n) is 4.51. The Morgan fingerprint density at radius 3 is 2.10 bits per heavy atom. The SMILES string of the molecule is CN(CC(=O)N1CCCC1)CC(=O)N1CCN(Cc2cccc3ccccc23)CC1. The highest BCUT2D eigenvalue weighted by Gasteiger charge is 2.24. The average Bonchev–Trinajstić information content (AvgIpc) is 3.29. The van der Waals surface area contributed by atoms with E-state index in [0.717, 1.165) is 58.7 Å². The molecule has 2 amide bonds. The van der Waals surface area contributed by atoms with Gasteiger partial charge < -0.3 is 9.80 Å². The number of benzene rings is 2. The number of carbonyl (C=O) groups is 2. The summed E-state index contributed by atoms with van der Waals surface area (Å²) in [6, 6.07) is 15.0. The average molecular weight is 409 g/mol. The minimum absolute atomic E-state index is 0.122. The Kier molecular flexibility index (Phi) is 6.65. The lowest BCUT2D eigenvalue weighted by atomic mass is 10.0. The molecule has 6 nitrogen and oxygen atoms in total. The lowest BCUT2D eigenvalue weighted by molar-refractivity contribution is -0.135. The van der Waals surface area contributed by atoms with Gasteiger partial charge in [0.05, 0.1) is 13.1 Å². The molecule has 2 aromatic rings. The lowest BCUT2D eigenvalue weighted by Gasteiger charge is -2.35.